The molecule has 2 aliphatic heterocycles. The van der Waals surface area contributed by atoms with Crippen LogP contribution in [0.2, 0.25) is 0 Å². The third kappa shape index (κ3) is 3.80. The van der Waals surface area contributed by atoms with Crippen molar-refractivity contribution in [2.75, 3.05) is 28.8 Å². The zero-order valence-electron chi connectivity index (χ0n) is 16.9. The molecule has 0 saturated heterocycles. The number of nitrogens with one attached hydrogen (secondary N) is 1. The highest BCUT2D eigenvalue weighted by Crippen LogP contribution is 2.36. The number of anilines is 2. The number of thiophene rings is 1. The number of hydrogen-bond donors (Lipinski definition) is 1. The normalized spacial score (nSPS) is 15.8. The first-order valence-corrected chi connectivity index (χ1v) is 13.8. The fourth-order valence-corrected chi connectivity index (χ4v) is 7.51. The van der Waals surface area contributed by atoms with Gasteiger partial charge in [0.2, 0.25) is 0 Å². The van der Waals surface area contributed by atoms with Crippen LogP contribution in [-0.2, 0) is 26.5 Å². The lowest BCUT2D eigenvalue weighted by Crippen LogP contribution is -2.35. The van der Waals surface area contributed by atoms with Crippen LogP contribution in [-0.4, -0.2) is 36.6 Å². The minimum Gasteiger partial charge on any atom is -0.486 e. The standard InChI is InChI=1S/C21H20N2O6S3/c24-31(25,17-6-8-19-20(14-17)29-11-10-28-19)22-16-5-7-18-15(13-16)3-1-9-23(18)32(26,27)21-4-2-12-30-21/h2,4-8,12-14,22H,1,3,9-11H2. The molecule has 0 radical (unpaired) electrons. The van der Waals surface area contributed by atoms with Gasteiger partial charge in [0.15, 0.2) is 11.5 Å². The van der Waals surface area contributed by atoms with Crippen LogP contribution in [0.25, 0.3) is 0 Å². The minimum atomic E-state index is -3.87. The highest BCUT2D eigenvalue weighted by Gasteiger charge is 2.30. The van der Waals surface area contributed by atoms with Crippen LogP contribution in [0.15, 0.2) is 63.0 Å². The van der Waals surface area contributed by atoms with E-state index in [1.54, 1.807) is 41.8 Å². The average molecular weight is 493 g/mol. The van der Waals surface area contributed by atoms with Crippen LogP contribution in [0.1, 0.15) is 12.0 Å². The smallest absolute Gasteiger partial charge is 0.273 e. The zero-order valence-corrected chi connectivity index (χ0v) is 19.3. The Kier molecular flexibility index (Phi) is 5.26. The SMILES string of the molecule is O=S(=O)(Nc1ccc2c(c1)CCCN2S(=O)(=O)c1cccs1)c1ccc2c(c1)OCCO2. The topological polar surface area (TPSA) is 102 Å². The lowest BCUT2D eigenvalue weighted by Gasteiger charge is -2.30. The first-order chi connectivity index (χ1) is 15.3. The molecule has 2 aliphatic rings. The number of ether oxygens (including phenoxy) is 2. The van der Waals surface area contributed by atoms with Gasteiger partial charge in [-0.3, -0.25) is 9.03 Å². The lowest BCUT2D eigenvalue weighted by atomic mass is 10.0. The van der Waals surface area contributed by atoms with Gasteiger partial charge >= 0.3 is 0 Å². The molecular formula is C21H20N2O6S3. The highest BCUT2D eigenvalue weighted by atomic mass is 32.2. The van der Waals surface area contributed by atoms with Crippen molar-refractivity contribution >= 4 is 42.8 Å². The number of rotatable bonds is 5. The van der Waals surface area contributed by atoms with Gasteiger partial charge in [-0.05, 0) is 60.2 Å². The van der Waals surface area contributed by atoms with E-state index >= 15 is 0 Å². The number of hydrogen-bond acceptors (Lipinski definition) is 7. The third-order valence-corrected chi connectivity index (χ3v) is 9.84. The third-order valence-electron chi connectivity index (χ3n) is 5.27. The van der Waals surface area contributed by atoms with Gasteiger partial charge in [0.05, 0.1) is 10.6 Å². The quantitative estimate of drug-likeness (QED) is 0.585. The maximum atomic E-state index is 13.0. The van der Waals surface area contributed by atoms with Crippen molar-refractivity contribution in [1.82, 2.24) is 0 Å². The summed E-state index contributed by atoms with van der Waals surface area (Å²) in [5.74, 6) is 0.898. The first kappa shape index (κ1) is 21.1. The summed E-state index contributed by atoms with van der Waals surface area (Å²) < 4.78 is 67.1. The second-order valence-electron chi connectivity index (χ2n) is 7.37. The molecule has 0 fully saturated rings. The van der Waals surface area contributed by atoms with Gasteiger partial charge in [-0.15, -0.1) is 11.3 Å². The maximum absolute atomic E-state index is 13.0. The van der Waals surface area contributed by atoms with Crippen LogP contribution in [0.5, 0.6) is 11.5 Å². The van der Waals surface area contributed by atoms with Crippen molar-refractivity contribution in [1.29, 1.82) is 0 Å². The number of nitrogens with zero attached hydrogens (tertiary/aromatic N) is 1. The van der Waals surface area contributed by atoms with Crippen LogP contribution < -0.4 is 18.5 Å². The van der Waals surface area contributed by atoms with Crippen LogP contribution >= 0.6 is 11.3 Å². The maximum Gasteiger partial charge on any atom is 0.273 e. The molecule has 0 atom stereocenters. The highest BCUT2D eigenvalue weighted by molar-refractivity contribution is 7.94. The summed E-state index contributed by atoms with van der Waals surface area (Å²) in [6.45, 7) is 1.17. The van der Waals surface area contributed by atoms with E-state index in [0.717, 1.165) is 5.56 Å². The molecule has 3 aromatic rings. The summed E-state index contributed by atoms with van der Waals surface area (Å²) in [6, 6.07) is 12.7. The van der Waals surface area contributed by atoms with Gasteiger partial charge in [0, 0.05) is 18.3 Å². The molecule has 0 aliphatic carbocycles. The van der Waals surface area contributed by atoms with E-state index in [-0.39, 0.29) is 9.10 Å². The molecule has 3 heterocycles. The largest absolute Gasteiger partial charge is 0.486 e. The van der Waals surface area contributed by atoms with Crippen molar-refractivity contribution in [3.8, 4) is 11.5 Å². The van der Waals surface area contributed by atoms with E-state index in [9.17, 15) is 16.8 Å². The fourth-order valence-electron chi connectivity index (χ4n) is 3.80. The number of benzene rings is 2. The minimum absolute atomic E-state index is 0.0568. The zero-order chi connectivity index (χ0) is 22.3. The summed E-state index contributed by atoms with van der Waals surface area (Å²) >= 11 is 1.18. The fraction of sp³-hybridized carbons (Fsp3) is 0.238. The van der Waals surface area contributed by atoms with Gasteiger partial charge in [-0.2, -0.15) is 0 Å². The number of aryl methyl sites for hydroxylation is 1. The van der Waals surface area contributed by atoms with Crippen LogP contribution in [0, 0.1) is 0 Å². The predicted octanol–water partition coefficient (Wildman–Crippen LogP) is 3.46. The molecule has 0 unspecified atom stereocenters. The number of fused-ring (bicyclic) bond motifs is 2. The van der Waals surface area contributed by atoms with Crippen LogP contribution in [0.4, 0.5) is 11.4 Å². The van der Waals surface area contributed by atoms with E-state index in [4.69, 9.17) is 9.47 Å². The van der Waals surface area contributed by atoms with Crippen molar-refractivity contribution in [3.63, 3.8) is 0 Å². The summed E-state index contributed by atoms with van der Waals surface area (Å²) in [5, 5.41) is 1.73. The van der Waals surface area contributed by atoms with E-state index in [0.29, 0.717) is 55.5 Å². The van der Waals surface area contributed by atoms with Crippen LogP contribution in [0.3, 0.4) is 0 Å². The Labute approximate surface area is 190 Å². The van der Waals surface area contributed by atoms with Gasteiger partial charge < -0.3 is 9.47 Å². The molecule has 5 rings (SSSR count). The summed E-state index contributed by atoms with van der Waals surface area (Å²) in [5.41, 5.74) is 1.72. The summed E-state index contributed by atoms with van der Waals surface area (Å²) in [7, 11) is -7.51. The van der Waals surface area contributed by atoms with Gasteiger partial charge in [-0.1, -0.05) is 6.07 Å². The molecule has 32 heavy (non-hydrogen) atoms. The predicted molar refractivity (Wildman–Crippen MR) is 122 cm³/mol. The monoisotopic (exact) mass is 492 g/mol. The van der Waals surface area contributed by atoms with E-state index < -0.39 is 20.0 Å². The second-order valence-corrected chi connectivity index (χ2v) is 12.1. The van der Waals surface area contributed by atoms with Gasteiger partial charge in [0.25, 0.3) is 20.0 Å². The molecule has 0 bridgehead atoms. The number of sulfonamides is 2. The van der Waals surface area contributed by atoms with Crippen molar-refractivity contribution in [3.05, 3.63) is 59.5 Å². The Morgan fingerprint density at radius 2 is 1.75 bits per heavy atom. The van der Waals surface area contributed by atoms with Crippen molar-refractivity contribution in [2.45, 2.75) is 21.9 Å². The molecule has 1 N–H and O–H groups in total. The van der Waals surface area contributed by atoms with Gasteiger partial charge in [-0.25, -0.2) is 16.8 Å². The molecular weight excluding hydrogens is 472 g/mol. The van der Waals surface area contributed by atoms with Crippen molar-refractivity contribution in [2.24, 2.45) is 0 Å². The first-order valence-electron chi connectivity index (χ1n) is 9.96. The molecule has 0 spiro atoms. The van der Waals surface area contributed by atoms with E-state index in [1.165, 1.54) is 27.8 Å². The molecule has 8 nitrogen and oxygen atoms in total. The molecule has 11 heteroatoms. The summed E-state index contributed by atoms with van der Waals surface area (Å²) in [6.07, 6.45) is 1.31. The Morgan fingerprint density at radius 3 is 2.53 bits per heavy atom. The van der Waals surface area contributed by atoms with Crippen molar-refractivity contribution < 1.29 is 26.3 Å². The Hall–Kier alpha value is -2.76. The second kappa shape index (κ2) is 7.98. The molecule has 0 amide bonds. The Bertz CT molecular complexity index is 1370. The van der Waals surface area contributed by atoms with E-state index in [1.807, 2.05) is 0 Å². The molecule has 168 valence electrons. The lowest BCUT2D eigenvalue weighted by molar-refractivity contribution is 0.171. The van der Waals surface area contributed by atoms with Gasteiger partial charge in [0.1, 0.15) is 17.4 Å². The Morgan fingerprint density at radius 1 is 0.938 bits per heavy atom. The van der Waals surface area contributed by atoms with E-state index in [2.05, 4.69) is 4.72 Å². The molecule has 1 aromatic heterocycles. The Balaban J connectivity index is 1.43. The molecule has 0 saturated carbocycles. The summed E-state index contributed by atoms with van der Waals surface area (Å²) in [4.78, 5) is 0.0568. The molecule has 2 aromatic carbocycles. The average Bonchev–Trinajstić information content (AvgIpc) is 3.34.